The lowest BCUT2D eigenvalue weighted by Crippen LogP contribution is -2.42. The molecule has 2 N–H and O–H groups in total. The number of hydrogen-bond donors (Lipinski definition) is 2. The Kier molecular flexibility index (Phi) is 7.33. The number of thioether (sulfide) groups is 1. The second-order valence-corrected chi connectivity index (χ2v) is 15.0. The molecule has 0 radical (unpaired) electrons. The highest BCUT2D eigenvalue weighted by Crippen LogP contribution is 2.69. The Hall–Kier alpha value is -4.36. The summed E-state index contributed by atoms with van der Waals surface area (Å²) in [5.74, 6) is -3.56. The Balaban J connectivity index is 1.10. The molecule has 8 nitrogen and oxygen atoms in total. The predicted molar refractivity (Wildman–Crippen MR) is 174 cm³/mol. The van der Waals surface area contributed by atoms with Gasteiger partial charge in [0.2, 0.25) is 11.8 Å². The van der Waals surface area contributed by atoms with E-state index in [1.807, 2.05) is 49.4 Å². The predicted octanol–water partition coefficient (Wildman–Crippen LogP) is 6.46. The number of carbonyl (C=O) groups is 3. The first-order chi connectivity index (χ1) is 23.0. The third-order valence-electron chi connectivity index (χ3n) is 10.1. The van der Waals surface area contributed by atoms with Gasteiger partial charge in [-0.15, -0.1) is 11.8 Å². The van der Waals surface area contributed by atoms with Crippen molar-refractivity contribution in [1.82, 2.24) is 4.98 Å². The van der Waals surface area contributed by atoms with Crippen molar-refractivity contribution in [3.63, 3.8) is 0 Å². The van der Waals surface area contributed by atoms with Gasteiger partial charge >= 0.3 is 11.0 Å². The number of fused-ring (bicyclic) bond motifs is 9. The van der Waals surface area contributed by atoms with E-state index in [0.29, 0.717) is 22.9 Å². The molecule has 8 rings (SSSR count). The quantitative estimate of drug-likeness (QED) is 0.225. The van der Waals surface area contributed by atoms with Crippen LogP contribution in [0.3, 0.4) is 0 Å². The molecular weight excluding hydrogens is 664 g/mol. The molecule has 1 aromatic heterocycles. The highest BCUT2D eigenvalue weighted by atomic mass is 32.2. The summed E-state index contributed by atoms with van der Waals surface area (Å²) < 4.78 is 47.8. The number of anilines is 2. The number of rotatable bonds is 6. The van der Waals surface area contributed by atoms with Crippen molar-refractivity contribution >= 4 is 52.2 Å². The van der Waals surface area contributed by atoms with Gasteiger partial charge in [-0.05, 0) is 73.1 Å². The molecular formula is C35H28F3N3O5S2. The molecule has 2 aliphatic carbocycles. The van der Waals surface area contributed by atoms with Gasteiger partial charge in [-0.1, -0.05) is 53.3 Å². The van der Waals surface area contributed by atoms with Gasteiger partial charge in [-0.3, -0.25) is 19.2 Å². The summed E-state index contributed by atoms with van der Waals surface area (Å²) in [6.45, 7) is 1.73. The van der Waals surface area contributed by atoms with Crippen molar-refractivity contribution in [3.05, 3.63) is 104 Å². The van der Waals surface area contributed by atoms with Crippen LogP contribution in [-0.2, 0) is 20.6 Å². The highest BCUT2D eigenvalue weighted by molar-refractivity contribution is 8.00. The molecule has 48 heavy (non-hydrogen) atoms. The van der Waals surface area contributed by atoms with Gasteiger partial charge in [-0.2, -0.15) is 13.2 Å². The number of benzene rings is 3. The highest BCUT2D eigenvalue weighted by Gasteiger charge is 2.70. The summed E-state index contributed by atoms with van der Waals surface area (Å²) in [6.07, 6.45) is -4.15. The van der Waals surface area contributed by atoms with E-state index >= 15 is 0 Å². The molecule has 4 aliphatic rings. The van der Waals surface area contributed by atoms with Crippen LogP contribution in [0.15, 0.2) is 82.6 Å². The Morgan fingerprint density at radius 2 is 1.71 bits per heavy atom. The van der Waals surface area contributed by atoms with Crippen LogP contribution in [0.4, 0.5) is 24.5 Å². The Bertz CT molecular complexity index is 2030. The molecule has 3 heterocycles. The zero-order chi connectivity index (χ0) is 33.5. The number of carbonyl (C=O) groups excluding carboxylic acids is 3. The minimum Gasteiger partial charge on any atom is -0.484 e. The zero-order valence-corrected chi connectivity index (χ0v) is 27.0. The van der Waals surface area contributed by atoms with E-state index in [-0.39, 0.29) is 46.3 Å². The molecule has 4 aromatic rings. The van der Waals surface area contributed by atoms with Crippen LogP contribution in [0.5, 0.6) is 5.75 Å². The van der Waals surface area contributed by atoms with Gasteiger partial charge < -0.3 is 15.0 Å². The van der Waals surface area contributed by atoms with E-state index < -0.39 is 41.1 Å². The molecule has 3 aromatic carbocycles. The van der Waals surface area contributed by atoms with E-state index in [2.05, 4.69) is 10.3 Å². The average molecular weight is 692 g/mol. The number of thiazole rings is 1. The Morgan fingerprint density at radius 1 is 0.979 bits per heavy atom. The molecule has 2 bridgehead atoms. The number of imide groups is 1. The van der Waals surface area contributed by atoms with Gasteiger partial charge in [0.15, 0.2) is 6.61 Å². The lowest BCUT2D eigenvalue weighted by molar-refractivity contribution is -0.137. The van der Waals surface area contributed by atoms with Crippen LogP contribution >= 0.6 is 23.1 Å². The summed E-state index contributed by atoms with van der Waals surface area (Å²) in [4.78, 5) is 57.4. The van der Waals surface area contributed by atoms with Crippen molar-refractivity contribution < 1.29 is 32.3 Å². The van der Waals surface area contributed by atoms with Crippen LogP contribution in [0, 0.1) is 36.5 Å². The molecule has 7 atom stereocenters. The minimum atomic E-state index is -4.74. The molecule has 1 saturated heterocycles. The smallest absolute Gasteiger partial charge is 0.418 e. The van der Waals surface area contributed by atoms with Gasteiger partial charge in [0.25, 0.3) is 5.91 Å². The maximum atomic E-state index is 14.0. The van der Waals surface area contributed by atoms with Gasteiger partial charge in [0.05, 0.1) is 28.1 Å². The van der Waals surface area contributed by atoms with Crippen molar-refractivity contribution in [2.75, 3.05) is 16.8 Å². The van der Waals surface area contributed by atoms with Gasteiger partial charge in [0, 0.05) is 21.7 Å². The first kappa shape index (κ1) is 30.9. The second-order valence-electron chi connectivity index (χ2n) is 12.8. The number of alkyl halides is 3. The summed E-state index contributed by atoms with van der Waals surface area (Å²) in [6, 6.07) is 19.4. The zero-order valence-electron chi connectivity index (χ0n) is 25.3. The summed E-state index contributed by atoms with van der Waals surface area (Å²) in [5, 5.41) is 3.38. The molecule has 13 heteroatoms. The third-order valence-corrected chi connectivity index (χ3v) is 12.7. The van der Waals surface area contributed by atoms with Crippen molar-refractivity contribution in [1.29, 1.82) is 0 Å². The number of nitrogens with one attached hydrogen (secondary N) is 2. The van der Waals surface area contributed by atoms with E-state index in [4.69, 9.17) is 4.74 Å². The van der Waals surface area contributed by atoms with E-state index in [1.54, 1.807) is 6.07 Å². The SMILES string of the molecule is Cc1ccc(NC(=O)COc2cccc([C@@H]3c4sc(=O)[nH]c4S[C@@H]4[C@@H]5C[C@@H]([C@@H]6C(=O)N(c7ccccc7C(F)(F)F)C(=O)[C@@H]56)[C@H]34)c2)cc1. The number of aryl methyl sites for hydroxylation is 1. The molecule has 2 saturated carbocycles. The Labute approximate surface area is 280 Å². The topological polar surface area (TPSA) is 109 Å². The molecule has 2 aliphatic heterocycles. The molecule has 246 valence electrons. The van der Waals surface area contributed by atoms with Crippen LogP contribution in [0.2, 0.25) is 0 Å². The monoisotopic (exact) mass is 691 g/mol. The van der Waals surface area contributed by atoms with E-state index in [9.17, 15) is 32.3 Å². The fourth-order valence-corrected chi connectivity index (χ4v) is 11.2. The first-order valence-corrected chi connectivity index (χ1v) is 17.2. The van der Waals surface area contributed by atoms with Crippen LogP contribution < -0.4 is 19.8 Å². The van der Waals surface area contributed by atoms with E-state index in [1.165, 1.54) is 30.0 Å². The van der Waals surface area contributed by atoms with Crippen LogP contribution in [-0.4, -0.2) is 34.6 Å². The molecule has 3 fully saturated rings. The van der Waals surface area contributed by atoms with Crippen molar-refractivity contribution in [2.24, 2.45) is 29.6 Å². The van der Waals surface area contributed by atoms with Crippen molar-refractivity contribution in [3.8, 4) is 5.75 Å². The van der Waals surface area contributed by atoms with E-state index in [0.717, 1.165) is 38.3 Å². The number of ether oxygens (including phenoxy) is 1. The first-order valence-electron chi connectivity index (χ1n) is 15.5. The largest absolute Gasteiger partial charge is 0.484 e. The average Bonchev–Trinajstić information content (AvgIpc) is 3.79. The van der Waals surface area contributed by atoms with Crippen molar-refractivity contribution in [2.45, 2.75) is 35.7 Å². The standard InChI is InChI=1S/C35H28F3N3O5S2/c1-16-9-11-18(12-10-16)39-24(42)15-46-19-6-4-5-17(13-19)25-26-20-14-21(29(26)47-31-30(25)48-34(45)40-31)28-27(20)32(43)41(33(28)44)23-8-3-2-7-22(23)35(36,37)38/h2-13,20-21,25-29H,14-15H2,1H3,(H,39,42)(H,40,45)/t20-,21-,25+,26-,27+,28+,29-/m1/s1. The number of amides is 3. The number of aromatic nitrogens is 1. The normalized spacial score (nSPS) is 27.1. The maximum Gasteiger partial charge on any atom is 0.418 e. The third kappa shape index (κ3) is 4.97. The Morgan fingerprint density at radius 3 is 2.46 bits per heavy atom. The molecule has 0 unspecified atom stereocenters. The van der Waals surface area contributed by atoms with Crippen LogP contribution in [0.1, 0.15) is 33.9 Å². The maximum absolute atomic E-state index is 14.0. The second kappa shape index (κ2) is 11.4. The number of H-pyrrole nitrogens is 1. The number of halogens is 3. The number of hydrogen-bond acceptors (Lipinski definition) is 7. The molecule has 3 amide bonds. The number of nitrogens with zero attached hydrogens (tertiary/aromatic N) is 1. The number of aromatic amines is 1. The number of para-hydroxylation sites is 1. The molecule has 0 spiro atoms. The summed E-state index contributed by atoms with van der Waals surface area (Å²) >= 11 is 2.60. The fourth-order valence-electron chi connectivity index (χ4n) is 8.32. The van der Waals surface area contributed by atoms with Gasteiger partial charge in [0.1, 0.15) is 5.75 Å². The summed E-state index contributed by atoms with van der Waals surface area (Å²) in [5.41, 5.74) is 1.10. The fraction of sp³-hybridized carbons (Fsp3) is 0.314. The summed E-state index contributed by atoms with van der Waals surface area (Å²) in [7, 11) is 0. The lowest BCUT2D eigenvalue weighted by Gasteiger charge is -2.43. The minimum absolute atomic E-state index is 0.140. The lowest BCUT2D eigenvalue weighted by atomic mass is 9.68. The van der Waals surface area contributed by atoms with Crippen LogP contribution in [0.25, 0.3) is 0 Å². The van der Waals surface area contributed by atoms with Gasteiger partial charge in [-0.25, -0.2) is 4.90 Å².